The molecule has 0 radical (unpaired) electrons. The third kappa shape index (κ3) is 5.27. The summed E-state index contributed by atoms with van der Waals surface area (Å²) in [6, 6.07) is 0. The van der Waals surface area contributed by atoms with Gasteiger partial charge in [0.05, 0.1) is 6.10 Å². The van der Waals surface area contributed by atoms with Crippen molar-refractivity contribution in [2.24, 2.45) is 23.2 Å². The second-order valence-corrected chi connectivity index (χ2v) is 7.46. The molecule has 2 nitrogen and oxygen atoms in total. The Morgan fingerprint density at radius 1 is 1.22 bits per heavy atom. The molecule has 0 aliphatic heterocycles. The largest absolute Gasteiger partial charge is 0.393 e. The van der Waals surface area contributed by atoms with Crippen LogP contribution in [0.5, 0.6) is 0 Å². The lowest BCUT2D eigenvalue weighted by molar-refractivity contribution is -0.000976. The van der Waals surface area contributed by atoms with E-state index in [2.05, 4.69) is 34.6 Å². The van der Waals surface area contributed by atoms with Crippen LogP contribution in [0.4, 0.5) is 0 Å². The minimum atomic E-state index is -0.105. The van der Waals surface area contributed by atoms with Crippen LogP contribution in [0, 0.1) is 23.2 Å². The van der Waals surface area contributed by atoms with E-state index in [-0.39, 0.29) is 6.10 Å². The summed E-state index contributed by atoms with van der Waals surface area (Å²) in [6.07, 6.45) is 4.22. The van der Waals surface area contributed by atoms with Crippen LogP contribution in [0.25, 0.3) is 0 Å². The highest BCUT2D eigenvalue weighted by Crippen LogP contribution is 2.41. The van der Waals surface area contributed by atoms with Gasteiger partial charge in [0.25, 0.3) is 0 Å². The van der Waals surface area contributed by atoms with Crippen LogP contribution in [0.3, 0.4) is 0 Å². The summed E-state index contributed by atoms with van der Waals surface area (Å²) in [5.74, 6) is 1.79. The van der Waals surface area contributed by atoms with Crippen LogP contribution in [0.15, 0.2) is 0 Å². The van der Waals surface area contributed by atoms with Gasteiger partial charge in [-0.3, -0.25) is 0 Å². The molecule has 3 unspecified atom stereocenters. The van der Waals surface area contributed by atoms with Gasteiger partial charge in [-0.25, -0.2) is 0 Å². The number of hydrogen-bond donors (Lipinski definition) is 1. The molecule has 0 aromatic rings. The summed E-state index contributed by atoms with van der Waals surface area (Å²) >= 11 is 0. The molecule has 1 aliphatic carbocycles. The van der Waals surface area contributed by atoms with Crippen molar-refractivity contribution < 1.29 is 9.84 Å². The van der Waals surface area contributed by atoms with Crippen LogP contribution in [0.1, 0.15) is 60.3 Å². The van der Waals surface area contributed by atoms with Crippen molar-refractivity contribution in [3.8, 4) is 0 Å². The van der Waals surface area contributed by atoms with Gasteiger partial charge in [-0.1, -0.05) is 34.6 Å². The van der Waals surface area contributed by atoms with E-state index in [1.807, 2.05) is 0 Å². The molecule has 3 atom stereocenters. The highest BCUT2D eigenvalue weighted by molar-refractivity contribution is 4.85. The number of aliphatic hydroxyl groups is 1. The van der Waals surface area contributed by atoms with Gasteiger partial charge >= 0.3 is 0 Å². The van der Waals surface area contributed by atoms with Crippen LogP contribution in [-0.2, 0) is 4.74 Å². The van der Waals surface area contributed by atoms with E-state index in [0.29, 0.717) is 17.3 Å². The molecule has 0 saturated heterocycles. The van der Waals surface area contributed by atoms with Gasteiger partial charge in [-0.05, 0) is 48.9 Å². The van der Waals surface area contributed by atoms with Crippen LogP contribution < -0.4 is 0 Å². The molecule has 0 bridgehead atoms. The maximum absolute atomic E-state index is 10.1. The zero-order valence-corrected chi connectivity index (χ0v) is 12.9. The van der Waals surface area contributed by atoms with Gasteiger partial charge in [0.1, 0.15) is 0 Å². The van der Waals surface area contributed by atoms with Gasteiger partial charge in [0, 0.05) is 13.2 Å². The van der Waals surface area contributed by atoms with Crippen LogP contribution in [0.2, 0.25) is 0 Å². The quantitative estimate of drug-likeness (QED) is 0.757. The predicted octanol–water partition coefficient (Wildman–Crippen LogP) is 3.87. The number of rotatable bonds is 5. The van der Waals surface area contributed by atoms with Crippen molar-refractivity contribution in [2.45, 2.75) is 66.4 Å². The van der Waals surface area contributed by atoms with Crippen LogP contribution in [-0.4, -0.2) is 24.4 Å². The Bertz CT molecular complexity index is 230. The molecule has 0 aromatic carbocycles. The molecular formula is C16H32O2. The average molecular weight is 256 g/mol. The molecule has 0 amide bonds. The number of ether oxygens (including phenoxy) is 1. The second kappa shape index (κ2) is 6.91. The molecule has 1 fully saturated rings. The Morgan fingerprint density at radius 2 is 1.89 bits per heavy atom. The van der Waals surface area contributed by atoms with E-state index >= 15 is 0 Å². The molecule has 108 valence electrons. The predicted molar refractivity (Wildman–Crippen MR) is 76.6 cm³/mol. The normalized spacial score (nSPS) is 29.8. The Balaban J connectivity index is 2.34. The molecule has 18 heavy (non-hydrogen) atoms. The Kier molecular flexibility index (Phi) is 6.13. The molecular weight excluding hydrogens is 224 g/mol. The van der Waals surface area contributed by atoms with E-state index in [4.69, 9.17) is 4.74 Å². The van der Waals surface area contributed by atoms with Gasteiger partial charge in [-0.15, -0.1) is 0 Å². The Hall–Kier alpha value is -0.0800. The van der Waals surface area contributed by atoms with E-state index in [9.17, 15) is 5.11 Å². The van der Waals surface area contributed by atoms with Gasteiger partial charge in [-0.2, -0.15) is 0 Å². The lowest BCUT2D eigenvalue weighted by atomic mass is 9.67. The van der Waals surface area contributed by atoms with E-state index < -0.39 is 0 Å². The van der Waals surface area contributed by atoms with E-state index in [0.717, 1.165) is 38.4 Å². The Labute approximate surface area is 113 Å². The summed E-state index contributed by atoms with van der Waals surface area (Å²) in [5.41, 5.74) is 0.372. The first-order chi connectivity index (χ1) is 8.30. The fourth-order valence-electron chi connectivity index (χ4n) is 2.90. The smallest absolute Gasteiger partial charge is 0.0569 e. The minimum absolute atomic E-state index is 0.105. The zero-order chi connectivity index (χ0) is 13.8. The molecule has 1 N–H and O–H groups in total. The summed E-state index contributed by atoms with van der Waals surface area (Å²) in [6.45, 7) is 12.9. The molecule has 0 spiro atoms. The highest BCUT2D eigenvalue weighted by atomic mass is 16.5. The average Bonchev–Trinajstić information content (AvgIpc) is 2.24. The minimum Gasteiger partial charge on any atom is -0.393 e. The van der Waals surface area contributed by atoms with Crippen molar-refractivity contribution >= 4 is 0 Å². The van der Waals surface area contributed by atoms with Gasteiger partial charge in [0.2, 0.25) is 0 Å². The molecule has 1 rings (SSSR count). The topological polar surface area (TPSA) is 29.5 Å². The first-order valence-electron chi connectivity index (χ1n) is 7.56. The monoisotopic (exact) mass is 256 g/mol. The van der Waals surface area contributed by atoms with Crippen molar-refractivity contribution in [1.82, 2.24) is 0 Å². The molecule has 2 heteroatoms. The summed E-state index contributed by atoms with van der Waals surface area (Å²) in [4.78, 5) is 0. The summed E-state index contributed by atoms with van der Waals surface area (Å²) in [7, 11) is 0. The third-order valence-corrected chi connectivity index (χ3v) is 4.25. The summed E-state index contributed by atoms with van der Waals surface area (Å²) in [5, 5.41) is 10.1. The molecule has 0 aromatic heterocycles. The summed E-state index contributed by atoms with van der Waals surface area (Å²) < 4.78 is 5.66. The maximum atomic E-state index is 10.1. The lowest BCUT2D eigenvalue weighted by Gasteiger charge is -2.40. The SMILES string of the molecule is CC(C)COCCC1CC(C(C)(C)C)CCC1O. The fourth-order valence-corrected chi connectivity index (χ4v) is 2.90. The van der Waals surface area contributed by atoms with E-state index in [1.54, 1.807) is 0 Å². The first kappa shape index (κ1) is 16.0. The first-order valence-corrected chi connectivity index (χ1v) is 7.56. The van der Waals surface area contributed by atoms with Crippen molar-refractivity contribution in [2.75, 3.05) is 13.2 Å². The molecule has 1 saturated carbocycles. The second-order valence-electron chi connectivity index (χ2n) is 7.46. The van der Waals surface area contributed by atoms with E-state index in [1.165, 1.54) is 6.42 Å². The fraction of sp³-hybridized carbons (Fsp3) is 1.00. The molecule has 0 heterocycles. The lowest BCUT2D eigenvalue weighted by Crippen LogP contribution is -2.35. The maximum Gasteiger partial charge on any atom is 0.0569 e. The van der Waals surface area contributed by atoms with Crippen LogP contribution >= 0.6 is 0 Å². The highest BCUT2D eigenvalue weighted by Gasteiger charge is 2.34. The Morgan fingerprint density at radius 3 is 2.44 bits per heavy atom. The zero-order valence-electron chi connectivity index (χ0n) is 12.9. The van der Waals surface area contributed by atoms with Gasteiger partial charge in [0.15, 0.2) is 0 Å². The van der Waals surface area contributed by atoms with Crippen molar-refractivity contribution in [1.29, 1.82) is 0 Å². The number of aliphatic hydroxyl groups excluding tert-OH is 1. The number of hydrogen-bond acceptors (Lipinski definition) is 2. The van der Waals surface area contributed by atoms with Crippen molar-refractivity contribution in [3.63, 3.8) is 0 Å². The van der Waals surface area contributed by atoms with Gasteiger partial charge < -0.3 is 9.84 Å². The third-order valence-electron chi connectivity index (χ3n) is 4.25. The standard InChI is InChI=1S/C16H32O2/c1-12(2)11-18-9-8-13-10-14(16(3,4)5)6-7-15(13)17/h12-15,17H,6-11H2,1-5H3. The molecule has 1 aliphatic rings. The van der Waals surface area contributed by atoms with Crippen molar-refractivity contribution in [3.05, 3.63) is 0 Å².